The number of ketones is 1. The van der Waals surface area contributed by atoms with Crippen molar-refractivity contribution in [2.75, 3.05) is 0 Å². The lowest BCUT2D eigenvalue weighted by atomic mass is 9.82. The number of ether oxygens (including phenoxy) is 1. The third kappa shape index (κ3) is 2.27. The zero-order chi connectivity index (χ0) is 15.1. The molecule has 0 saturated heterocycles. The second-order valence-corrected chi connectivity index (χ2v) is 5.55. The highest BCUT2D eigenvalue weighted by Crippen LogP contribution is 2.39. The summed E-state index contributed by atoms with van der Waals surface area (Å²) in [5.74, 6) is -0.0662. The summed E-state index contributed by atoms with van der Waals surface area (Å²) < 4.78 is 5.92. The lowest BCUT2D eigenvalue weighted by Gasteiger charge is -2.30. The van der Waals surface area contributed by atoms with Crippen molar-refractivity contribution in [3.05, 3.63) is 52.3 Å². The van der Waals surface area contributed by atoms with Crippen LogP contribution in [0.3, 0.4) is 0 Å². The van der Waals surface area contributed by atoms with Crippen LogP contribution in [-0.2, 0) is 16.0 Å². The number of carbonyl (C=O) groups excluding carboxylic acids is 1. The molecule has 21 heavy (non-hydrogen) atoms. The Morgan fingerprint density at radius 3 is 2.81 bits per heavy atom. The lowest BCUT2D eigenvalue weighted by molar-refractivity contribution is -0.137. The molecule has 0 amide bonds. The molecule has 1 aromatic rings. The Labute approximate surface area is 122 Å². The molecule has 1 aliphatic heterocycles. The molecule has 1 heterocycles. The lowest BCUT2D eigenvalue weighted by Crippen LogP contribution is -2.30. The molecule has 0 spiro atoms. The Kier molecular flexibility index (Phi) is 3.16. The van der Waals surface area contributed by atoms with Crippen LogP contribution in [0.4, 0.5) is 0 Å². The third-order valence-electron chi connectivity index (χ3n) is 4.17. The number of aryl methyl sites for hydroxylation is 1. The Hall–Kier alpha value is -2.36. The molecule has 0 bridgehead atoms. The van der Waals surface area contributed by atoms with E-state index in [1.807, 2.05) is 26.0 Å². The van der Waals surface area contributed by atoms with Gasteiger partial charge < -0.3 is 9.84 Å². The second kappa shape index (κ2) is 4.88. The number of fused-ring (bicyclic) bond motifs is 2. The summed E-state index contributed by atoms with van der Waals surface area (Å²) in [4.78, 5) is 23.2. The number of rotatable bonds is 2. The van der Waals surface area contributed by atoms with Crippen molar-refractivity contribution in [1.29, 1.82) is 0 Å². The highest BCUT2D eigenvalue weighted by Gasteiger charge is 2.35. The number of benzene rings is 1. The highest BCUT2D eigenvalue weighted by atomic mass is 16.5. The molecule has 1 aliphatic carbocycles. The first-order chi connectivity index (χ1) is 9.97. The number of aliphatic carboxylic acids is 1. The summed E-state index contributed by atoms with van der Waals surface area (Å²) in [5.41, 5.74) is 3.58. The van der Waals surface area contributed by atoms with E-state index in [-0.39, 0.29) is 18.1 Å². The smallest absolute Gasteiger partial charge is 0.307 e. The van der Waals surface area contributed by atoms with Gasteiger partial charge in [0.1, 0.15) is 11.5 Å². The molecular formula is C17H16O4. The van der Waals surface area contributed by atoms with Gasteiger partial charge in [0, 0.05) is 5.57 Å². The van der Waals surface area contributed by atoms with E-state index in [4.69, 9.17) is 9.84 Å². The Balaban J connectivity index is 1.99. The van der Waals surface area contributed by atoms with Gasteiger partial charge in [-0.05, 0) is 43.0 Å². The molecular weight excluding hydrogens is 268 g/mol. The normalized spacial score (nSPS) is 19.9. The van der Waals surface area contributed by atoms with Crippen molar-refractivity contribution in [3.8, 4) is 5.75 Å². The fraction of sp³-hybridized carbons (Fsp3) is 0.294. The quantitative estimate of drug-likeness (QED) is 0.907. The van der Waals surface area contributed by atoms with E-state index >= 15 is 0 Å². The van der Waals surface area contributed by atoms with Crippen LogP contribution in [-0.4, -0.2) is 16.9 Å². The molecule has 0 fully saturated rings. The number of hydrogen-bond donors (Lipinski definition) is 1. The molecule has 1 aromatic carbocycles. The largest absolute Gasteiger partial charge is 0.481 e. The van der Waals surface area contributed by atoms with Crippen LogP contribution in [0.25, 0.3) is 0 Å². The van der Waals surface area contributed by atoms with Crippen molar-refractivity contribution in [2.24, 2.45) is 5.92 Å². The fourth-order valence-corrected chi connectivity index (χ4v) is 2.83. The maximum absolute atomic E-state index is 12.4. The van der Waals surface area contributed by atoms with E-state index in [1.54, 1.807) is 12.2 Å². The van der Waals surface area contributed by atoms with Gasteiger partial charge in [-0.1, -0.05) is 18.2 Å². The van der Waals surface area contributed by atoms with Gasteiger partial charge in [0.2, 0.25) is 0 Å². The van der Waals surface area contributed by atoms with Crippen LogP contribution in [0.1, 0.15) is 23.1 Å². The average Bonchev–Trinajstić information content (AvgIpc) is 2.45. The Bertz CT molecular complexity index is 710. The predicted molar refractivity (Wildman–Crippen MR) is 77.2 cm³/mol. The summed E-state index contributed by atoms with van der Waals surface area (Å²) in [6.45, 7) is 4.03. The summed E-state index contributed by atoms with van der Waals surface area (Å²) >= 11 is 0. The van der Waals surface area contributed by atoms with Gasteiger partial charge >= 0.3 is 5.97 Å². The standard InChI is InChI=1S/C17H16O4/c1-9-3-4-12-7-13-14(21-17(12)10(9)2)6-5-11(16(13)20)8-15(18)19/h3-6,13H,7-8H2,1-2H3,(H,18,19). The first-order valence-corrected chi connectivity index (χ1v) is 6.91. The van der Waals surface area contributed by atoms with Crippen LogP contribution < -0.4 is 4.74 Å². The van der Waals surface area contributed by atoms with E-state index in [2.05, 4.69) is 0 Å². The molecule has 1 unspecified atom stereocenters. The number of carbonyl (C=O) groups is 2. The maximum Gasteiger partial charge on any atom is 0.307 e. The topological polar surface area (TPSA) is 63.6 Å². The number of carboxylic acids is 1. The zero-order valence-electron chi connectivity index (χ0n) is 12.0. The average molecular weight is 284 g/mol. The summed E-state index contributed by atoms with van der Waals surface area (Å²) in [7, 11) is 0. The number of hydrogen-bond acceptors (Lipinski definition) is 3. The number of carboxylic acid groups (broad SMARTS) is 1. The SMILES string of the molecule is Cc1ccc2c(c1C)OC1=CC=C(CC(=O)O)C(=O)C1C2. The molecule has 108 valence electrons. The number of Topliss-reactive ketones (excluding diaryl/α,β-unsaturated/α-hetero) is 1. The first-order valence-electron chi connectivity index (χ1n) is 6.91. The summed E-state index contributed by atoms with van der Waals surface area (Å²) in [6.07, 6.45) is 3.63. The van der Waals surface area contributed by atoms with Crippen LogP contribution in [0.5, 0.6) is 5.75 Å². The van der Waals surface area contributed by atoms with E-state index in [9.17, 15) is 9.59 Å². The van der Waals surface area contributed by atoms with Gasteiger partial charge in [0.25, 0.3) is 0 Å². The van der Waals surface area contributed by atoms with Crippen molar-refractivity contribution in [3.63, 3.8) is 0 Å². The van der Waals surface area contributed by atoms with Gasteiger partial charge in [-0.15, -0.1) is 0 Å². The van der Waals surface area contributed by atoms with Crippen LogP contribution in [0.2, 0.25) is 0 Å². The minimum absolute atomic E-state index is 0.140. The molecule has 0 radical (unpaired) electrons. The van der Waals surface area contributed by atoms with Gasteiger partial charge in [0.15, 0.2) is 5.78 Å². The van der Waals surface area contributed by atoms with Crippen LogP contribution in [0, 0.1) is 19.8 Å². The fourth-order valence-electron chi connectivity index (χ4n) is 2.83. The molecule has 4 heteroatoms. The maximum atomic E-state index is 12.4. The molecule has 1 atom stereocenters. The summed E-state index contributed by atoms with van der Waals surface area (Å²) in [5, 5.41) is 8.86. The Morgan fingerprint density at radius 1 is 1.33 bits per heavy atom. The molecule has 0 saturated carbocycles. The van der Waals surface area contributed by atoms with Gasteiger partial charge in [-0.3, -0.25) is 9.59 Å². The van der Waals surface area contributed by atoms with Crippen molar-refractivity contribution < 1.29 is 19.4 Å². The van der Waals surface area contributed by atoms with E-state index in [1.165, 1.54) is 0 Å². The molecule has 1 N–H and O–H groups in total. The van der Waals surface area contributed by atoms with Crippen LogP contribution >= 0.6 is 0 Å². The molecule has 2 aliphatic rings. The van der Waals surface area contributed by atoms with E-state index < -0.39 is 5.97 Å². The van der Waals surface area contributed by atoms with Crippen LogP contribution in [0.15, 0.2) is 35.6 Å². The molecule has 4 nitrogen and oxygen atoms in total. The van der Waals surface area contributed by atoms with Crippen molar-refractivity contribution in [2.45, 2.75) is 26.7 Å². The minimum atomic E-state index is -0.991. The summed E-state index contributed by atoms with van der Waals surface area (Å²) in [6, 6.07) is 4.00. The first kappa shape index (κ1) is 13.6. The second-order valence-electron chi connectivity index (χ2n) is 5.55. The molecule has 3 rings (SSSR count). The van der Waals surface area contributed by atoms with Gasteiger partial charge in [-0.2, -0.15) is 0 Å². The minimum Gasteiger partial charge on any atom is -0.481 e. The van der Waals surface area contributed by atoms with Crippen molar-refractivity contribution in [1.82, 2.24) is 0 Å². The van der Waals surface area contributed by atoms with E-state index in [0.29, 0.717) is 17.8 Å². The monoisotopic (exact) mass is 284 g/mol. The third-order valence-corrected chi connectivity index (χ3v) is 4.17. The highest BCUT2D eigenvalue weighted by molar-refractivity contribution is 6.03. The molecule has 0 aromatic heterocycles. The van der Waals surface area contributed by atoms with Gasteiger partial charge in [-0.25, -0.2) is 0 Å². The predicted octanol–water partition coefficient (Wildman–Crippen LogP) is 2.72. The zero-order valence-corrected chi connectivity index (χ0v) is 12.0. The van der Waals surface area contributed by atoms with Crippen molar-refractivity contribution >= 4 is 11.8 Å². The van der Waals surface area contributed by atoms with Gasteiger partial charge in [0.05, 0.1) is 12.3 Å². The Morgan fingerprint density at radius 2 is 2.10 bits per heavy atom. The number of allylic oxidation sites excluding steroid dienone is 3. The van der Waals surface area contributed by atoms with E-state index in [0.717, 1.165) is 22.4 Å².